The minimum atomic E-state index is -0.554. The molecule has 1 amide bonds. The quantitative estimate of drug-likeness (QED) is 0.563. The summed E-state index contributed by atoms with van der Waals surface area (Å²) in [6, 6.07) is 0. The highest BCUT2D eigenvalue weighted by atomic mass is 16.3. The van der Waals surface area contributed by atoms with E-state index in [1.54, 1.807) is 0 Å². The van der Waals surface area contributed by atoms with E-state index >= 15 is 0 Å². The zero-order valence-electron chi connectivity index (χ0n) is 11.5. The Labute approximate surface area is 110 Å². The summed E-state index contributed by atoms with van der Waals surface area (Å²) in [7, 11) is 0. The molecule has 1 aliphatic rings. The first-order valence-corrected chi connectivity index (χ1v) is 6.75. The number of nitrogens with two attached hydrogens (primary N) is 1. The van der Waals surface area contributed by atoms with Crippen molar-refractivity contribution in [3.05, 3.63) is 23.8 Å². The second-order valence-electron chi connectivity index (χ2n) is 5.82. The van der Waals surface area contributed by atoms with Crippen molar-refractivity contribution in [3.8, 4) is 0 Å². The molecule has 1 aliphatic carbocycles. The Morgan fingerprint density at radius 2 is 2.33 bits per heavy atom. The summed E-state index contributed by atoms with van der Waals surface area (Å²) in [5, 5.41) is 9.64. The van der Waals surface area contributed by atoms with Crippen LogP contribution in [0.25, 0.3) is 0 Å². The van der Waals surface area contributed by atoms with Gasteiger partial charge >= 0.3 is 0 Å². The lowest BCUT2D eigenvalue weighted by Crippen LogP contribution is -2.18. The predicted molar refractivity (Wildman–Crippen MR) is 73.9 cm³/mol. The van der Waals surface area contributed by atoms with Crippen molar-refractivity contribution in [3.63, 3.8) is 0 Å². The van der Waals surface area contributed by atoms with Crippen LogP contribution in [-0.4, -0.2) is 16.6 Å². The van der Waals surface area contributed by atoms with Gasteiger partial charge in [0, 0.05) is 0 Å². The molecule has 1 rings (SSSR count). The first kappa shape index (κ1) is 15.0. The van der Waals surface area contributed by atoms with E-state index in [2.05, 4.69) is 6.08 Å². The van der Waals surface area contributed by atoms with Crippen molar-refractivity contribution < 1.29 is 9.90 Å². The van der Waals surface area contributed by atoms with Gasteiger partial charge in [-0.25, -0.2) is 0 Å². The normalized spacial score (nSPS) is 21.1. The fourth-order valence-corrected chi connectivity index (χ4v) is 2.29. The maximum atomic E-state index is 10.6. The molecule has 0 aromatic rings. The highest BCUT2D eigenvalue weighted by molar-refractivity contribution is 5.85. The summed E-state index contributed by atoms with van der Waals surface area (Å²) in [4.78, 5) is 10.6. The molecule has 0 fully saturated rings. The summed E-state index contributed by atoms with van der Waals surface area (Å²) < 4.78 is 0. The summed E-state index contributed by atoms with van der Waals surface area (Å²) in [5.74, 6) is 0.0884. The van der Waals surface area contributed by atoms with Gasteiger partial charge in [-0.15, -0.1) is 0 Å². The third kappa shape index (κ3) is 6.60. The summed E-state index contributed by atoms with van der Waals surface area (Å²) in [6.45, 7) is 3.71. The number of hydrogen-bond donors (Lipinski definition) is 2. The van der Waals surface area contributed by atoms with Crippen LogP contribution in [0, 0.1) is 5.92 Å². The van der Waals surface area contributed by atoms with Gasteiger partial charge in [0.1, 0.15) is 0 Å². The number of rotatable bonds is 6. The Balaban J connectivity index is 2.29. The van der Waals surface area contributed by atoms with Crippen molar-refractivity contribution in [2.24, 2.45) is 11.7 Å². The lowest BCUT2D eigenvalue weighted by molar-refractivity contribution is -0.113. The first-order chi connectivity index (χ1) is 8.37. The molecule has 0 spiro atoms. The van der Waals surface area contributed by atoms with Gasteiger partial charge in [-0.05, 0) is 64.4 Å². The third-order valence-electron chi connectivity index (χ3n) is 3.36. The Hall–Kier alpha value is -1.09. The molecule has 0 heterocycles. The molecular weight excluding hydrogens is 226 g/mol. The van der Waals surface area contributed by atoms with Crippen LogP contribution in [0.3, 0.4) is 0 Å². The fraction of sp³-hybridized carbons (Fsp3) is 0.667. The SMILES string of the molecule is CC(C)(O)CCCC1=CCC(/C=C\C(N)=O)CC1. The van der Waals surface area contributed by atoms with E-state index in [1.165, 1.54) is 11.6 Å². The fourth-order valence-electron chi connectivity index (χ4n) is 2.29. The minimum absolute atomic E-state index is 0.366. The van der Waals surface area contributed by atoms with Crippen molar-refractivity contribution in [1.82, 2.24) is 0 Å². The van der Waals surface area contributed by atoms with Crippen LogP contribution in [-0.2, 0) is 4.79 Å². The molecule has 0 aromatic heterocycles. The van der Waals surface area contributed by atoms with E-state index in [1.807, 2.05) is 19.9 Å². The number of amides is 1. The number of aliphatic hydroxyl groups is 1. The van der Waals surface area contributed by atoms with Gasteiger partial charge in [0.15, 0.2) is 0 Å². The number of allylic oxidation sites excluding steroid dienone is 3. The topological polar surface area (TPSA) is 63.3 Å². The molecule has 102 valence electrons. The number of carbonyl (C=O) groups excluding carboxylic acids is 1. The highest BCUT2D eigenvalue weighted by Gasteiger charge is 2.15. The maximum Gasteiger partial charge on any atom is 0.241 e. The molecule has 0 saturated heterocycles. The van der Waals surface area contributed by atoms with Crippen LogP contribution in [0.5, 0.6) is 0 Å². The molecule has 1 atom stereocenters. The average molecular weight is 251 g/mol. The van der Waals surface area contributed by atoms with Gasteiger partial charge < -0.3 is 10.8 Å². The molecule has 3 N–H and O–H groups in total. The van der Waals surface area contributed by atoms with E-state index in [0.717, 1.165) is 38.5 Å². The molecule has 0 saturated carbocycles. The zero-order chi connectivity index (χ0) is 13.6. The van der Waals surface area contributed by atoms with Crippen LogP contribution in [0.15, 0.2) is 23.8 Å². The molecule has 3 nitrogen and oxygen atoms in total. The largest absolute Gasteiger partial charge is 0.390 e. The van der Waals surface area contributed by atoms with Crippen LogP contribution in [0.2, 0.25) is 0 Å². The van der Waals surface area contributed by atoms with Gasteiger partial charge in [-0.3, -0.25) is 4.79 Å². The Kier molecular flexibility index (Phi) is 5.60. The van der Waals surface area contributed by atoms with E-state index in [-0.39, 0.29) is 5.91 Å². The van der Waals surface area contributed by atoms with Gasteiger partial charge in [0.25, 0.3) is 0 Å². The van der Waals surface area contributed by atoms with Crippen LogP contribution >= 0.6 is 0 Å². The predicted octanol–water partition coefficient (Wildman–Crippen LogP) is 2.70. The van der Waals surface area contributed by atoms with Crippen molar-refractivity contribution in [2.75, 3.05) is 0 Å². The van der Waals surface area contributed by atoms with Crippen molar-refractivity contribution in [1.29, 1.82) is 0 Å². The lowest BCUT2D eigenvalue weighted by atomic mass is 9.86. The highest BCUT2D eigenvalue weighted by Crippen LogP contribution is 2.28. The summed E-state index contributed by atoms with van der Waals surface area (Å²) >= 11 is 0. The maximum absolute atomic E-state index is 10.6. The smallest absolute Gasteiger partial charge is 0.241 e. The monoisotopic (exact) mass is 251 g/mol. The summed E-state index contributed by atoms with van der Waals surface area (Å²) in [6.07, 6.45) is 11.8. The van der Waals surface area contributed by atoms with E-state index in [4.69, 9.17) is 5.73 Å². The lowest BCUT2D eigenvalue weighted by Gasteiger charge is -2.21. The van der Waals surface area contributed by atoms with Crippen LogP contribution < -0.4 is 5.73 Å². The second kappa shape index (κ2) is 6.74. The van der Waals surface area contributed by atoms with E-state index < -0.39 is 5.60 Å². The first-order valence-electron chi connectivity index (χ1n) is 6.75. The van der Waals surface area contributed by atoms with Gasteiger partial charge in [-0.1, -0.05) is 17.7 Å². The zero-order valence-corrected chi connectivity index (χ0v) is 11.5. The van der Waals surface area contributed by atoms with Gasteiger partial charge in [0.05, 0.1) is 5.60 Å². The van der Waals surface area contributed by atoms with Gasteiger partial charge in [0.2, 0.25) is 5.91 Å². The molecule has 0 radical (unpaired) electrons. The minimum Gasteiger partial charge on any atom is -0.390 e. The Morgan fingerprint density at radius 3 is 2.83 bits per heavy atom. The standard InChI is InChI=1S/C15H25NO2/c1-15(2,18)11-3-4-12-5-7-13(8-6-12)9-10-14(16)17/h5,9-10,13,18H,3-4,6-8,11H2,1-2H3,(H2,16,17)/b10-9-. The molecule has 1 unspecified atom stereocenters. The van der Waals surface area contributed by atoms with Gasteiger partial charge in [-0.2, -0.15) is 0 Å². The van der Waals surface area contributed by atoms with E-state index in [0.29, 0.717) is 5.92 Å². The van der Waals surface area contributed by atoms with Crippen molar-refractivity contribution >= 4 is 5.91 Å². The van der Waals surface area contributed by atoms with Crippen LogP contribution in [0.1, 0.15) is 52.4 Å². The molecule has 18 heavy (non-hydrogen) atoms. The molecule has 0 bridgehead atoms. The summed E-state index contributed by atoms with van der Waals surface area (Å²) in [5.41, 5.74) is 6.01. The number of carbonyl (C=O) groups is 1. The third-order valence-corrected chi connectivity index (χ3v) is 3.36. The molecule has 0 aromatic carbocycles. The number of primary amides is 1. The molecule has 0 aliphatic heterocycles. The number of hydrogen-bond acceptors (Lipinski definition) is 2. The average Bonchev–Trinajstić information content (AvgIpc) is 2.26. The molecular formula is C15H25NO2. The Morgan fingerprint density at radius 1 is 1.61 bits per heavy atom. The van der Waals surface area contributed by atoms with Crippen LogP contribution in [0.4, 0.5) is 0 Å². The second-order valence-corrected chi connectivity index (χ2v) is 5.82. The molecule has 3 heteroatoms. The van der Waals surface area contributed by atoms with E-state index in [9.17, 15) is 9.90 Å². The Bertz CT molecular complexity index is 337. The van der Waals surface area contributed by atoms with Crippen molar-refractivity contribution in [2.45, 2.75) is 58.0 Å².